The number of likely N-dealkylation sites (tertiary alicyclic amines) is 1. The lowest BCUT2D eigenvalue weighted by molar-refractivity contribution is -0.173. The molecule has 0 aromatic heterocycles. The van der Waals surface area contributed by atoms with Gasteiger partial charge in [0.1, 0.15) is 6.61 Å². The van der Waals surface area contributed by atoms with Gasteiger partial charge < -0.3 is 15.0 Å². The zero-order valence-electron chi connectivity index (χ0n) is 14.6. The number of ether oxygens (including phenoxy) is 1. The van der Waals surface area contributed by atoms with Crippen molar-refractivity contribution >= 4 is 5.96 Å². The number of halogens is 3. The van der Waals surface area contributed by atoms with Gasteiger partial charge in [-0.2, -0.15) is 13.2 Å². The Morgan fingerprint density at radius 2 is 2.08 bits per heavy atom. The molecule has 4 nitrogen and oxygen atoms in total. The van der Waals surface area contributed by atoms with Crippen LogP contribution in [0.3, 0.4) is 0 Å². The highest BCUT2D eigenvalue weighted by Gasteiger charge is 2.27. The average molecular weight is 357 g/mol. The summed E-state index contributed by atoms with van der Waals surface area (Å²) >= 11 is 0. The zero-order chi connectivity index (χ0) is 18.1. The summed E-state index contributed by atoms with van der Waals surface area (Å²) in [5, 5.41) is 3.21. The van der Waals surface area contributed by atoms with Crippen LogP contribution in [0.4, 0.5) is 13.2 Å². The predicted molar refractivity (Wildman–Crippen MR) is 92.7 cm³/mol. The first-order valence-electron chi connectivity index (χ1n) is 8.62. The predicted octanol–water partition coefficient (Wildman–Crippen LogP) is 3.10. The van der Waals surface area contributed by atoms with E-state index in [1.54, 1.807) is 7.05 Å². The molecule has 1 atom stereocenters. The lowest BCUT2D eigenvalue weighted by Crippen LogP contribution is -2.40. The maximum Gasteiger partial charge on any atom is 0.411 e. The van der Waals surface area contributed by atoms with E-state index in [0.717, 1.165) is 31.9 Å². The van der Waals surface area contributed by atoms with Gasteiger partial charge in [-0.05, 0) is 30.7 Å². The Kier molecular flexibility index (Phi) is 7.55. The normalized spacial score (nSPS) is 18.6. The minimum atomic E-state index is -4.26. The lowest BCUT2D eigenvalue weighted by atomic mass is 9.99. The first kappa shape index (κ1) is 19.6. The Morgan fingerprint density at radius 1 is 1.32 bits per heavy atom. The van der Waals surface area contributed by atoms with E-state index in [1.807, 2.05) is 6.07 Å². The van der Waals surface area contributed by atoms with Crippen LogP contribution in [0.1, 0.15) is 18.4 Å². The third-order valence-corrected chi connectivity index (χ3v) is 4.18. The number of aliphatic imine (C=N–C) groups is 1. The molecule has 0 aliphatic carbocycles. The van der Waals surface area contributed by atoms with E-state index in [2.05, 4.69) is 44.2 Å². The molecule has 1 saturated heterocycles. The smallest absolute Gasteiger partial charge is 0.372 e. The number of nitrogens with one attached hydrogen (secondary N) is 1. The number of hydrogen-bond acceptors (Lipinski definition) is 2. The highest BCUT2D eigenvalue weighted by Crippen LogP contribution is 2.20. The monoisotopic (exact) mass is 357 g/mol. The molecule has 1 aliphatic rings. The van der Waals surface area contributed by atoms with Crippen LogP contribution in [-0.2, 0) is 11.2 Å². The Labute approximate surface area is 147 Å². The van der Waals surface area contributed by atoms with Gasteiger partial charge in [-0.3, -0.25) is 4.99 Å². The van der Waals surface area contributed by atoms with Gasteiger partial charge in [0, 0.05) is 33.3 Å². The van der Waals surface area contributed by atoms with Gasteiger partial charge in [-0.15, -0.1) is 0 Å². The van der Waals surface area contributed by atoms with Gasteiger partial charge in [0.25, 0.3) is 0 Å². The van der Waals surface area contributed by atoms with Gasteiger partial charge in [0.2, 0.25) is 0 Å². The Balaban J connectivity index is 1.66. The van der Waals surface area contributed by atoms with Crippen molar-refractivity contribution in [3.05, 3.63) is 35.9 Å². The van der Waals surface area contributed by atoms with Crippen LogP contribution in [0, 0.1) is 5.92 Å². The number of rotatable bonds is 7. The van der Waals surface area contributed by atoms with Gasteiger partial charge >= 0.3 is 6.18 Å². The molecule has 0 spiro atoms. The fraction of sp³-hybridized carbons (Fsp3) is 0.611. The van der Waals surface area contributed by atoms with Crippen molar-refractivity contribution in [3.8, 4) is 0 Å². The molecular formula is C18H26F3N3O. The first-order valence-corrected chi connectivity index (χ1v) is 8.62. The largest absolute Gasteiger partial charge is 0.411 e. The molecule has 2 rings (SSSR count). The second kappa shape index (κ2) is 9.65. The summed E-state index contributed by atoms with van der Waals surface area (Å²) in [6, 6.07) is 10.4. The maximum atomic E-state index is 12.0. The SMILES string of the molecule is CN=C(NCCCOCC(F)(F)F)N1CCC(Cc2ccccc2)C1. The van der Waals surface area contributed by atoms with Crippen LogP contribution in [0.2, 0.25) is 0 Å². The third kappa shape index (κ3) is 7.34. The summed E-state index contributed by atoms with van der Waals surface area (Å²) in [6.07, 6.45) is -1.58. The summed E-state index contributed by atoms with van der Waals surface area (Å²) in [7, 11) is 1.73. The Hall–Kier alpha value is -1.76. The lowest BCUT2D eigenvalue weighted by Gasteiger charge is -2.21. The number of benzene rings is 1. The van der Waals surface area contributed by atoms with Crippen molar-refractivity contribution in [2.24, 2.45) is 10.9 Å². The second-order valence-corrected chi connectivity index (χ2v) is 6.29. The van der Waals surface area contributed by atoms with Crippen LogP contribution < -0.4 is 5.32 Å². The topological polar surface area (TPSA) is 36.9 Å². The van der Waals surface area contributed by atoms with Crippen LogP contribution in [0.25, 0.3) is 0 Å². The molecule has 25 heavy (non-hydrogen) atoms. The third-order valence-electron chi connectivity index (χ3n) is 4.18. The van der Waals surface area contributed by atoms with Crippen LogP contribution in [0.15, 0.2) is 35.3 Å². The molecule has 7 heteroatoms. The van der Waals surface area contributed by atoms with Gasteiger partial charge in [0.15, 0.2) is 5.96 Å². The highest BCUT2D eigenvalue weighted by atomic mass is 19.4. The molecule has 1 fully saturated rings. The Bertz CT molecular complexity index is 534. The minimum Gasteiger partial charge on any atom is -0.372 e. The number of guanidine groups is 1. The van der Waals surface area contributed by atoms with Crippen molar-refractivity contribution in [1.82, 2.24) is 10.2 Å². The van der Waals surface area contributed by atoms with E-state index in [0.29, 0.717) is 18.9 Å². The molecule has 1 aliphatic heterocycles. The van der Waals surface area contributed by atoms with Crippen molar-refractivity contribution in [1.29, 1.82) is 0 Å². The molecule has 1 aromatic rings. The average Bonchev–Trinajstić information content (AvgIpc) is 3.02. The van der Waals surface area contributed by atoms with Crippen LogP contribution in [-0.4, -0.2) is 56.9 Å². The van der Waals surface area contributed by atoms with Crippen molar-refractivity contribution in [2.75, 3.05) is 39.9 Å². The van der Waals surface area contributed by atoms with Gasteiger partial charge in [-0.25, -0.2) is 0 Å². The fourth-order valence-electron chi connectivity index (χ4n) is 3.03. The van der Waals surface area contributed by atoms with Crippen LogP contribution >= 0.6 is 0 Å². The number of alkyl halides is 3. The molecule has 0 radical (unpaired) electrons. The minimum absolute atomic E-state index is 0.0835. The van der Waals surface area contributed by atoms with Gasteiger partial charge in [0.05, 0.1) is 0 Å². The molecule has 1 N–H and O–H groups in total. The summed E-state index contributed by atoms with van der Waals surface area (Å²) in [4.78, 5) is 6.49. The quantitative estimate of drug-likeness (QED) is 0.463. The van der Waals surface area contributed by atoms with E-state index < -0.39 is 12.8 Å². The van der Waals surface area contributed by atoms with E-state index in [1.165, 1.54) is 5.56 Å². The van der Waals surface area contributed by atoms with Crippen molar-refractivity contribution in [2.45, 2.75) is 25.4 Å². The fourth-order valence-corrected chi connectivity index (χ4v) is 3.03. The molecule has 140 valence electrons. The van der Waals surface area contributed by atoms with Crippen molar-refractivity contribution < 1.29 is 17.9 Å². The van der Waals surface area contributed by atoms with Gasteiger partial charge in [-0.1, -0.05) is 30.3 Å². The molecule has 1 unspecified atom stereocenters. The summed E-state index contributed by atoms with van der Waals surface area (Å²) in [5.41, 5.74) is 1.35. The molecule has 0 bridgehead atoms. The van der Waals surface area contributed by atoms with E-state index in [4.69, 9.17) is 0 Å². The van der Waals surface area contributed by atoms with E-state index >= 15 is 0 Å². The summed E-state index contributed by atoms with van der Waals surface area (Å²) in [5.74, 6) is 1.41. The summed E-state index contributed by atoms with van der Waals surface area (Å²) in [6.45, 7) is 1.33. The van der Waals surface area contributed by atoms with Crippen LogP contribution in [0.5, 0.6) is 0 Å². The Morgan fingerprint density at radius 3 is 2.76 bits per heavy atom. The zero-order valence-corrected chi connectivity index (χ0v) is 14.6. The molecule has 1 aromatic carbocycles. The van der Waals surface area contributed by atoms with E-state index in [9.17, 15) is 13.2 Å². The van der Waals surface area contributed by atoms with Crippen molar-refractivity contribution in [3.63, 3.8) is 0 Å². The highest BCUT2D eigenvalue weighted by molar-refractivity contribution is 5.80. The summed E-state index contributed by atoms with van der Waals surface area (Å²) < 4.78 is 40.5. The molecular weight excluding hydrogens is 331 g/mol. The standard InChI is InChI=1S/C18H26F3N3O/c1-22-17(23-9-5-11-25-14-18(19,20)21)24-10-8-16(13-24)12-15-6-3-2-4-7-15/h2-4,6-7,16H,5,8-14H2,1H3,(H,22,23). The number of hydrogen-bond donors (Lipinski definition) is 1. The number of nitrogens with zero attached hydrogens (tertiary/aromatic N) is 2. The molecule has 0 saturated carbocycles. The first-order chi connectivity index (χ1) is 12.0. The van der Waals surface area contributed by atoms with E-state index in [-0.39, 0.29) is 6.61 Å². The second-order valence-electron chi connectivity index (χ2n) is 6.29. The molecule has 1 heterocycles. The molecule has 0 amide bonds. The maximum absolute atomic E-state index is 12.0.